The quantitative estimate of drug-likeness (QED) is 0.136. The van der Waals surface area contributed by atoms with Crippen LogP contribution in [0.25, 0.3) is 0 Å². The summed E-state index contributed by atoms with van der Waals surface area (Å²) in [6.07, 6.45) is 15.0. The summed E-state index contributed by atoms with van der Waals surface area (Å²) in [7, 11) is -2.24. The molecule has 0 amide bonds. The Morgan fingerprint density at radius 1 is 0.645 bits per heavy atom. The van der Waals surface area contributed by atoms with Crippen LogP contribution in [0, 0.1) is 17.8 Å². The molecular formula is C28H56O2Si. The normalized spacial score (nSPS) is 12.2. The molecule has 0 spiro atoms. The first kappa shape index (κ1) is 30.4. The van der Waals surface area contributed by atoms with Gasteiger partial charge in [0.1, 0.15) is 0 Å². The van der Waals surface area contributed by atoms with Crippen molar-refractivity contribution in [1.82, 2.24) is 0 Å². The first-order chi connectivity index (χ1) is 14.8. The molecule has 0 rings (SSSR count). The number of hydrogen-bond acceptors (Lipinski definition) is 2. The summed E-state index contributed by atoms with van der Waals surface area (Å²) in [5.41, 5.74) is 0.574. The summed E-state index contributed by atoms with van der Waals surface area (Å²) in [4.78, 5) is 13.0. The molecule has 0 saturated heterocycles. The molecule has 0 saturated carbocycles. The molecule has 0 bridgehead atoms. The second-order valence-electron chi connectivity index (χ2n) is 10.3. The molecule has 0 fully saturated rings. The van der Waals surface area contributed by atoms with Gasteiger partial charge < -0.3 is 4.43 Å². The summed E-state index contributed by atoms with van der Waals surface area (Å²) in [5.74, 6) is 1.99. The summed E-state index contributed by atoms with van der Waals surface area (Å²) in [5, 5.41) is 0. The Kier molecular flexibility index (Phi) is 17.6. The molecule has 0 heterocycles. The fourth-order valence-electron chi connectivity index (χ4n) is 5.73. The summed E-state index contributed by atoms with van der Waals surface area (Å²) in [6, 6.07) is 3.50. The van der Waals surface area contributed by atoms with Gasteiger partial charge in [0, 0.05) is 5.57 Å². The molecule has 0 atom stereocenters. The van der Waals surface area contributed by atoms with Crippen LogP contribution >= 0.6 is 0 Å². The zero-order valence-corrected chi connectivity index (χ0v) is 23.4. The molecule has 31 heavy (non-hydrogen) atoms. The van der Waals surface area contributed by atoms with Crippen LogP contribution < -0.4 is 0 Å². The van der Waals surface area contributed by atoms with E-state index in [9.17, 15) is 4.79 Å². The highest BCUT2D eigenvalue weighted by molar-refractivity contribution is 6.75. The predicted molar refractivity (Wildman–Crippen MR) is 141 cm³/mol. The van der Waals surface area contributed by atoms with Gasteiger partial charge in [-0.1, -0.05) is 125 Å². The molecule has 0 aliphatic carbocycles. The molecule has 0 aromatic carbocycles. The van der Waals surface area contributed by atoms with Crippen LogP contribution in [0.1, 0.15) is 126 Å². The topological polar surface area (TPSA) is 26.3 Å². The van der Waals surface area contributed by atoms with Crippen molar-refractivity contribution in [2.45, 2.75) is 144 Å². The Morgan fingerprint density at radius 2 is 0.903 bits per heavy atom. The van der Waals surface area contributed by atoms with E-state index in [0.29, 0.717) is 23.3 Å². The fraction of sp³-hybridized carbons (Fsp3) is 0.893. The summed E-state index contributed by atoms with van der Waals surface area (Å²) in [6.45, 7) is 19.6. The lowest BCUT2D eigenvalue weighted by atomic mass is 10.00. The van der Waals surface area contributed by atoms with Gasteiger partial charge in [0.05, 0.1) is 0 Å². The van der Waals surface area contributed by atoms with Crippen LogP contribution in [-0.2, 0) is 9.22 Å². The minimum Gasteiger partial charge on any atom is -0.516 e. The van der Waals surface area contributed by atoms with Crippen LogP contribution in [0.2, 0.25) is 18.1 Å². The van der Waals surface area contributed by atoms with Crippen molar-refractivity contribution < 1.29 is 9.22 Å². The van der Waals surface area contributed by atoms with Crippen LogP contribution in [0.15, 0.2) is 12.2 Å². The lowest BCUT2D eigenvalue weighted by Gasteiger charge is -2.39. The minimum absolute atomic E-state index is 0.114. The third kappa shape index (κ3) is 12.9. The smallest absolute Gasteiger partial charge is 0.319 e. The molecule has 0 aliphatic rings. The molecule has 0 radical (unpaired) electrons. The average molecular weight is 453 g/mol. The van der Waals surface area contributed by atoms with Crippen LogP contribution in [0.4, 0.5) is 0 Å². The Bertz CT molecular complexity index is 410. The lowest BCUT2D eigenvalue weighted by molar-refractivity contribution is -0.131. The van der Waals surface area contributed by atoms with Crippen LogP contribution in [0.3, 0.4) is 0 Å². The molecule has 0 unspecified atom stereocenters. The maximum atomic E-state index is 13.0. The van der Waals surface area contributed by atoms with Gasteiger partial charge in [0.15, 0.2) is 0 Å². The predicted octanol–water partition coefficient (Wildman–Crippen LogP) is 9.70. The van der Waals surface area contributed by atoms with Gasteiger partial charge in [-0.3, -0.25) is 0 Å². The van der Waals surface area contributed by atoms with Gasteiger partial charge >= 0.3 is 5.97 Å². The largest absolute Gasteiger partial charge is 0.516 e. The number of rotatable bonds is 20. The Hall–Kier alpha value is -0.573. The molecule has 0 aliphatic heterocycles. The van der Waals surface area contributed by atoms with E-state index in [1.807, 2.05) is 6.92 Å². The zero-order valence-electron chi connectivity index (χ0n) is 22.4. The van der Waals surface area contributed by atoms with Crippen molar-refractivity contribution >= 4 is 14.3 Å². The highest BCUT2D eigenvalue weighted by atomic mass is 28.4. The van der Waals surface area contributed by atoms with E-state index in [1.54, 1.807) is 0 Å². The van der Waals surface area contributed by atoms with E-state index >= 15 is 0 Å². The van der Waals surface area contributed by atoms with Gasteiger partial charge in [-0.15, -0.1) is 0 Å². The van der Waals surface area contributed by atoms with E-state index in [1.165, 1.54) is 95.2 Å². The molecule has 0 N–H and O–H groups in total. The SMILES string of the molecule is C=C(C)C(=O)O[Si](CC(CCC)CCC)(CC(CCC)CCC)CC(CCC)CCC. The molecule has 0 aromatic heterocycles. The minimum atomic E-state index is -2.24. The Morgan fingerprint density at radius 3 is 1.10 bits per heavy atom. The first-order valence-electron chi connectivity index (χ1n) is 13.7. The highest BCUT2D eigenvalue weighted by Crippen LogP contribution is 2.40. The standard InChI is InChI=1S/C28H56O2Si/c1-9-15-25(16-10-2)21-31(30-28(29)24(7)8,22-26(17-11-3)18-12-4)23-27(19-13-5)20-14-6/h25-27H,7,9-23H2,1-6,8H3. The Balaban J connectivity index is 6.17. The maximum Gasteiger partial charge on any atom is 0.319 e. The monoisotopic (exact) mass is 452 g/mol. The van der Waals surface area contributed by atoms with Crippen molar-refractivity contribution in [2.75, 3.05) is 0 Å². The van der Waals surface area contributed by atoms with Crippen molar-refractivity contribution in [3.63, 3.8) is 0 Å². The van der Waals surface area contributed by atoms with E-state index in [-0.39, 0.29) is 5.97 Å². The van der Waals surface area contributed by atoms with E-state index in [4.69, 9.17) is 4.43 Å². The molecule has 184 valence electrons. The van der Waals surface area contributed by atoms with E-state index < -0.39 is 8.32 Å². The van der Waals surface area contributed by atoms with Crippen molar-refractivity contribution in [2.24, 2.45) is 17.8 Å². The van der Waals surface area contributed by atoms with Gasteiger partial charge in [-0.2, -0.15) is 0 Å². The summed E-state index contributed by atoms with van der Waals surface area (Å²) < 4.78 is 6.67. The molecule has 3 heteroatoms. The first-order valence-corrected chi connectivity index (χ1v) is 16.2. The van der Waals surface area contributed by atoms with Crippen molar-refractivity contribution in [1.29, 1.82) is 0 Å². The Labute approximate surface area is 197 Å². The van der Waals surface area contributed by atoms with E-state index in [2.05, 4.69) is 48.1 Å². The van der Waals surface area contributed by atoms with Crippen LogP contribution in [-0.4, -0.2) is 14.3 Å². The average Bonchev–Trinajstić information content (AvgIpc) is 2.69. The van der Waals surface area contributed by atoms with Gasteiger partial charge in [-0.05, 0) is 42.8 Å². The van der Waals surface area contributed by atoms with Gasteiger partial charge in [-0.25, -0.2) is 4.79 Å². The molecule has 0 aromatic rings. The fourth-order valence-corrected chi connectivity index (χ4v) is 11.4. The lowest BCUT2D eigenvalue weighted by Crippen LogP contribution is -2.45. The maximum absolute atomic E-state index is 13.0. The van der Waals surface area contributed by atoms with Crippen LogP contribution in [0.5, 0.6) is 0 Å². The van der Waals surface area contributed by atoms with Crippen molar-refractivity contribution in [3.8, 4) is 0 Å². The molecular weight excluding hydrogens is 396 g/mol. The third-order valence-corrected chi connectivity index (χ3v) is 11.4. The number of carbonyl (C=O) groups is 1. The van der Waals surface area contributed by atoms with Gasteiger partial charge in [0.25, 0.3) is 8.32 Å². The summed E-state index contributed by atoms with van der Waals surface area (Å²) >= 11 is 0. The molecule has 2 nitrogen and oxygen atoms in total. The van der Waals surface area contributed by atoms with Gasteiger partial charge in [0.2, 0.25) is 0 Å². The second-order valence-corrected chi connectivity index (χ2v) is 14.1. The number of hydrogen-bond donors (Lipinski definition) is 0. The number of carbonyl (C=O) groups excluding carboxylic acids is 1. The highest BCUT2D eigenvalue weighted by Gasteiger charge is 2.43. The second kappa shape index (κ2) is 17.9. The van der Waals surface area contributed by atoms with Crippen molar-refractivity contribution in [3.05, 3.63) is 12.2 Å². The van der Waals surface area contributed by atoms with E-state index in [0.717, 1.165) is 0 Å². The third-order valence-electron chi connectivity index (χ3n) is 6.82. The zero-order chi connectivity index (χ0) is 23.7.